The SMILES string of the molecule is C[C@H](NC(=O)C1=CN2CCS(=O)(=O)N=C2C=C1)c1ccc(S(C)(=O)=O)cc1. The van der Waals surface area contributed by atoms with Gasteiger partial charge in [-0.25, -0.2) is 16.8 Å². The zero-order valence-corrected chi connectivity index (χ0v) is 16.4. The normalized spacial score (nSPS) is 19.6. The lowest BCUT2D eigenvalue weighted by molar-refractivity contribution is -0.117. The van der Waals surface area contributed by atoms with Crippen molar-refractivity contribution in [1.29, 1.82) is 0 Å². The van der Waals surface area contributed by atoms with Crippen LogP contribution >= 0.6 is 0 Å². The third kappa shape index (κ3) is 4.45. The Morgan fingerprint density at radius 1 is 1.22 bits per heavy atom. The molecule has 2 heterocycles. The number of benzene rings is 1. The molecule has 3 rings (SSSR count). The molecule has 1 aromatic rings. The van der Waals surface area contributed by atoms with E-state index in [1.807, 2.05) is 0 Å². The van der Waals surface area contributed by atoms with Crippen LogP contribution in [0.2, 0.25) is 0 Å². The molecular weight excluding hydrogens is 390 g/mol. The molecule has 0 aliphatic carbocycles. The van der Waals surface area contributed by atoms with Gasteiger partial charge in [-0.2, -0.15) is 0 Å². The summed E-state index contributed by atoms with van der Waals surface area (Å²) in [5.74, 6) is -0.126. The number of amidine groups is 1. The topological polar surface area (TPSA) is 113 Å². The summed E-state index contributed by atoms with van der Waals surface area (Å²) in [6.45, 7) is 2.03. The van der Waals surface area contributed by atoms with E-state index in [0.29, 0.717) is 11.4 Å². The van der Waals surface area contributed by atoms with E-state index in [1.54, 1.807) is 30.2 Å². The average Bonchev–Trinajstić information content (AvgIpc) is 2.59. The predicted molar refractivity (Wildman–Crippen MR) is 101 cm³/mol. The fourth-order valence-electron chi connectivity index (χ4n) is 2.70. The van der Waals surface area contributed by atoms with E-state index in [2.05, 4.69) is 9.71 Å². The summed E-state index contributed by atoms with van der Waals surface area (Å²) in [5.41, 5.74) is 1.15. The van der Waals surface area contributed by atoms with Gasteiger partial charge in [-0.1, -0.05) is 12.1 Å². The summed E-state index contributed by atoms with van der Waals surface area (Å²) >= 11 is 0. The summed E-state index contributed by atoms with van der Waals surface area (Å²) in [6, 6.07) is 5.99. The lowest BCUT2D eigenvalue weighted by Crippen LogP contribution is -2.38. The van der Waals surface area contributed by atoms with Gasteiger partial charge in [0.15, 0.2) is 9.84 Å². The number of sulfonamides is 1. The summed E-state index contributed by atoms with van der Waals surface area (Å²) in [4.78, 5) is 14.3. The van der Waals surface area contributed by atoms with Crippen molar-refractivity contribution in [3.63, 3.8) is 0 Å². The molecule has 0 radical (unpaired) electrons. The number of hydrogen-bond donors (Lipinski definition) is 1. The molecule has 2 aliphatic heterocycles. The number of carbonyl (C=O) groups is 1. The van der Waals surface area contributed by atoms with Crippen molar-refractivity contribution in [2.45, 2.75) is 17.9 Å². The Morgan fingerprint density at radius 2 is 1.89 bits per heavy atom. The van der Waals surface area contributed by atoms with E-state index in [9.17, 15) is 21.6 Å². The van der Waals surface area contributed by atoms with Crippen LogP contribution in [0.25, 0.3) is 0 Å². The van der Waals surface area contributed by atoms with Gasteiger partial charge in [-0.05, 0) is 36.8 Å². The smallest absolute Gasteiger partial charge is 0.256 e. The van der Waals surface area contributed by atoms with Crippen LogP contribution in [0.5, 0.6) is 0 Å². The Hall–Kier alpha value is -2.46. The number of nitrogens with one attached hydrogen (secondary N) is 1. The van der Waals surface area contributed by atoms with Crippen molar-refractivity contribution >= 4 is 31.6 Å². The lowest BCUT2D eigenvalue weighted by atomic mass is 10.1. The van der Waals surface area contributed by atoms with Crippen LogP contribution in [-0.4, -0.2) is 52.0 Å². The van der Waals surface area contributed by atoms with Gasteiger partial charge in [0.2, 0.25) is 0 Å². The molecule has 1 atom stereocenters. The monoisotopic (exact) mass is 409 g/mol. The molecule has 8 nitrogen and oxygen atoms in total. The van der Waals surface area contributed by atoms with Crippen molar-refractivity contribution < 1.29 is 21.6 Å². The Morgan fingerprint density at radius 3 is 2.52 bits per heavy atom. The molecule has 1 amide bonds. The molecule has 10 heteroatoms. The fourth-order valence-corrected chi connectivity index (χ4v) is 4.30. The third-order valence-electron chi connectivity index (χ3n) is 4.24. The second-order valence-corrected chi connectivity index (χ2v) is 10.2. The summed E-state index contributed by atoms with van der Waals surface area (Å²) in [6.07, 6.45) is 5.73. The van der Waals surface area contributed by atoms with Crippen LogP contribution in [0, 0.1) is 0 Å². The van der Waals surface area contributed by atoms with Crippen LogP contribution < -0.4 is 5.32 Å². The second kappa shape index (κ2) is 6.93. The first-order chi connectivity index (χ1) is 12.5. The van der Waals surface area contributed by atoms with Gasteiger partial charge in [-0.3, -0.25) is 4.79 Å². The zero-order valence-electron chi connectivity index (χ0n) is 14.8. The molecule has 1 aromatic carbocycles. The van der Waals surface area contributed by atoms with E-state index < -0.39 is 19.9 Å². The van der Waals surface area contributed by atoms with E-state index in [4.69, 9.17) is 0 Å². The number of fused-ring (bicyclic) bond motifs is 1. The Kier molecular flexibility index (Phi) is 4.96. The quantitative estimate of drug-likeness (QED) is 0.786. The molecule has 0 spiro atoms. The number of carbonyl (C=O) groups excluding carboxylic acids is 1. The first-order valence-corrected chi connectivity index (χ1v) is 11.7. The highest BCUT2D eigenvalue weighted by molar-refractivity contribution is 7.90. The highest BCUT2D eigenvalue weighted by atomic mass is 32.2. The van der Waals surface area contributed by atoms with Crippen LogP contribution in [0.3, 0.4) is 0 Å². The van der Waals surface area contributed by atoms with Crippen molar-refractivity contribution in [2.24, 2.45) is 4.40 Å². The third-order valence-corrected chi connectivity index (χ3v) is 6.53. The highest BCUT2D eigenvalue weighted by Gasteiger charge is 2.25. The van der Waals surface area contributed by atoms with Crippen LogP contribution in [0.4, 0.5) is 0 Å². The lowest BCUT2D eigenvalue weighted by Gasteiger charge is -2.27. The average molecular weight is 409 g/mol. The van der Waals surface area contributed by atoms with Crippen LogP contribution in [0.15, 0.2) is 57.5 Å². The first-order valence-electron chi connectivity index (χ1n) is 8.15. The standard InChI is InChI=1S/C17H19N3O5S2/c1-12(13-3-6-15(7-4-13)26(2,22)23)18-17(21)14-5-8-16-19-27(24,25)10-9-20(16)11-14/h3-8,11-12H,9-10H2,1-2H3,(H,18,21)/t12-/m0/s1. The van der Waals surface area contributed by atoms with E-state index in [0.717, 1.165) is 11.8 Å². The molecule has 0 aromatic heterocycles. The first kappa shape index (κ1) is 19.3. The van der Waals surface area contributed by atoms with E-state index in [1.165, 1.54) is 24.3 Å². The van der Waals surface area contributed by atoms with Gasteiger partial charge in [0.1, 0.15) is 5.84 Å². The largest absolute Gasteiger partial charge is 0.345 e. The van der Waals surface area contributed by atoms with Crippen molar-refractivity contribution in [1.82, 2.24) is 10.2 Å². The molecule has 144 valence electrons. The van der Waals surface area contributed by atoms with Gasteiger partial charge < -0.3 is 10.2 Å². The van der Waals surface area contributed by atoms with Gasteiger partial charge in [0.25, 0.3) is 15.9 Å². The van der Waals surface area contributed by atoms with E-state index in [-0.39, 0.29) is 29.1 Å². The summed E-state index contributed by atoms with van der Waals surface area (Å²) < 4.78 is 49.8. The molecule has 1 N–H and O–H groups in total. The molecule has 0 saturated carbocycles. The Balaban J connectivity index is 1.71. The molecule has 0 unspecified atom stereocenters. The van der Waals surface area contributed by atoms with Gasteiger partial charge in [-0.15, -0.1) is 4.40 Å². The molecular formula is C17H19N3O5S2. The highest BCUT2D eigenvalue weighted by Crippen LogP contribution is 2.19. The number of nitrogens with zero attached hydrogens (tertiary/aromatic N) is 2. The minimum Gasteiger partial charge on any atom is -0.345 e. The molecule has 2 aliphatic rings. The number of rotatable bonds is 4. The molecule has 0 fully saturated rings. The maximum atomic E-state index is 12.5. The summed E-state index contributed by atoms with van der Waals surface area (Å²) in [5, 5.41) is 2.84. The predicted octanol–water partition coefficient (Wildman–Crippen LogP) is 0.765. The zero-order chi connectivity index (χ0) is 19.8. The second-order valence-electron chi connectivity index (χ2n) is 6.38. The van der Waals surface area contributed by atoms with E-state index >= 15 is 0 Å². The molecule has 0 saturated heterocycles. The van der Waals surface area contributed by atoms with Gasteiger partial charge in [0.05, 0.1) is 22.3 Å². The van der Waals surface area contributed by atoms with Gasteiger partial charge >= 0.3 is 0 Å². The maximum absolute atomic E-state index is 12.5. The van der Waals surface area contributed by atoms with Crippen LogP contribution in [0.1, 0.15) is 18.5 Å². The molecule has 0 bridgehead atoms. The minimum atomic E-state index is -3.44. The van der Waals surface area contributed by atoms with Crippen molar-refractivity contribution in [3.05, 3.63) is 53.8 Å². The number of sulfone groups is 1. The maximum Gasteiger partial charge on any atom is 0.256 e. The van der Waals surface area contributed by atoms with Crippen molar-refractivity contribution in [3.8, 4) is 0 Å². The fraction of sp³-hybridized carbons (Fsp3) is 0.294. The van der Waals surface area contributed by atoms with Crippen LogP contribution in [-0.2, 0) is 24.7 Å². The Bertz CT molecular complexity index is 1070. The Labute approximate surface area is 158 Å². The summed E-state index contributed by atoms with van der Waals surface area (Å²) in [7, 11) is -6.71. The number of hydrogen-bond acceptors (Lipinski definition) is 6. The van der Waals surface area contributed by atoms with Crippen molar-refractivity contribution in [2.75, 3.05) is 18.6 Å². The molecule has 27 heavy (non-hydrogen) atoms. The minimum absolute atomic E-state index is 0.0984. The number of amides is 1. The van der Waals surface area contributed by atoms with Gasteiger partial charge in [0, 0.05) is 19.0 Å².